The minimum Gasteiger partial charge on any atom is -0.356 e. The van der Waals surface area contributed by atoms with Crippen molar-refractivity contribution in [1.29, 1.82) is 0 Å². The third-order valence-electron chi connectivity index (χ3n) is 5.23. The van der Waals surface area contributed by atoms with Gasteiger partial charge in [-0.1, -0.05) is 18.2 Å². The minimum absolute atomic E-state index is 0.0476. The minimum atomic E-state index is 0.0476. The number of carbonyl (C=O) groups excluding carboxylic acids is 1. The first-order valence-corrected chi connectivity index (χ1v) is 9.68. The van der Waals surface area contributed by atoms with E-state index >= 15 is 0 Å². The standard InChI is InChI=1S/C21H24N6O/c1-2-27(18-6-4-3-5-7-18)21(28)17-8-11-25(12-9-17)19-14-20(24-15-23-19)26-13-10-22-16-26/h3-7,10,13-17H,2,8-9,11-12H2,1H3. The van der Waals surface area contributed by atoms with E-state index in [0.29, 0.717) is 6.54 Å². The van der Waals surface area contributed by atoms with Crippen LogP contribution in [0.3, 0.4) is 0 Å². The van der Waals surface area contributed by atoms with Crippen LogP contribution >= 0.6 is 0 Å². The van der Waals surface area contributed by atoms with E-state index in [1.807, 2.05) is 59.0 Å². The zero-order chi connectivity index (χ0) is 19.3. The van der Waals surface area contributed by atoms with E-state index in [1.54, 1.807) is 18.9 Å². The molecule has 2 aromatic heterocycles. The summed E-state index contributed by atoms with van der Waals surface area (Å²) < 4.78 is 1.86. The fourth-order valence-corrected chi connectivity index (χ4v) is 3.70. The molecule has 7 heteroatoms. The maximum absolute atomic E-state index is 13.1. The van der Waals surface area contributed by atoms with Crippen LogP contribution in [0.2, 0.25) is 0 Å². The molecule has 0 bridgehead atoms. The summed E-state index contributed by atoms with van der Waals surface area (Å²) in [7, 11) is 0. The van der Waals surface area contributed by atoms with Crippen LogP contribution in [0.25, 0.3) is 5.82 Å². The van der Waals surface area contributed by atoms with Gasteiger partial charge in [0.05, 0.1) is 0 Å². The molecule has 4 rings (SSSR count). The fourth-order valence-electron chi connectivity index (χ4n) is 3.70. The lowest BCUT2D eigenvalue weighted by molar-refractivity contribution is -0.122. The van der Waals surface area contributed by atoms with Crippen molar-refractivity contribution in [3.05, 3.63) is 61.4 Å². The quantitative estimate of drug-likeness (QED) is 0.685. The second-order valence-electron chi connectivity index (χ2n) is 6.88. The van der Waals surface area contributed by atoms with Crippen LogP contribution in [0.1, 0.15) is 19.8 Å². The highest BCUT2D eigenvalue weighted by atomic mass is 16.2. The van der Waals surface area contributed by atoms with Gasteiger partial charge in [0, 0.05) is 49.7 Å². The number of hydrogen-bond acceptors (Lipinski definition) is 5. The van der Waals surface area contributed by atoms with Crippen molar-refractivity contribution in [3.8, 4) is 5.82 Å². The number of hydrogen-bond donors (Lipinski definition) is 0. The average molecular weight is 376 g/mol. The first kappa shape index (κ1) is 18.2. The highest BCUT2D eigenvalue weighted by Gasteiger charge is 2.29. The Bertz CT molecular complexity index is 904. The molecule has 1 aliphatic heterocycles. The average Bonchev–Trinajstić information content (AvgIpc) is 3.30. The van der Waals surface area contributed by atoms with E-state index in [9.17, 15) is 4.79 Å². The number of para-hydroxylation sites is 1. The number of benzene rings is 1. The molecule has 1 aliphatic rings. The van der Waals surface area contributed by atoms with E-state index < -0.39 is 0 Å². The van der Waals surface area contributed by atoms with Gasteiger partial charge in [0.25, 0.3) is 0 Å². The van der Waals surface area contributed by atoms with Crippen LogP contribution < -0.4 is 9.80 Å². The van der Waals surface area contributed by atoms with E-state index in [2.05, 4.69) is 19.9 Å². The van der Waals surface area contributed by atoms with Crippen molar-refractivity contribution in [2.24, 2.45) is 5.92 Å². The van der Waals surface area contributed by atoms with Crippen LogP contribution in [0.15, 0.2) is 61.4 Å². The number of rotatable bonds is 5. The van der Waals surface area contributed by atoms with Gasteiger partial charge in [0.15, 0.2) is 0 Å². The van der Waals surface area contributed by atoms with Gasteiger partial charge >= 0.3 is 0 Å². The zero-order valence-corrected chi connectivity index (χ0v) is 16.0. The van der Waals surface area contributed by atoms with Gasteiger partial charge in [0.2, 0.25) is 5.91 Å². The monoisotopic (exact) mass is 376 g/mol. The Morgan fingerprint density at radius 2 is 1.89 bits per heavy atom. The molecule has 1 amide bonds. The number of amides is 1. The molecule has 144 valence electrons. The number of imidazole rings is 1. The van der Waals surface area contributed by atoms with Crippen molar-refractivity contribution in [2.45, 2.75) is 19.8 Å². The zero-order valence-electron chi connectivity index (χ0n) is 16.0. The smallest absolute Gasteiger partial charge is 0.230 e. The lowest BCUT2D eigenvalue weighted by atomic mass is 9.95. The van der Waals surface area contributed by atoms with Crippen molar-refractivity contribution in [1.82, 2.24) is 19.5 Å². The lowest BCUT2D eigenvalue weighted by Crippen LogP contribution is -2.43. The Balaban J connectivity index is 1.42. The summed E-state index contributed by atoms with van der Waals surface area (Å²) in [5.74, 6) is 1.95. The predicted octanol–water partition coefficient (Wildman–Crippen LogP) is 2.93. The maximum Gasteiger partial charge on any atom is 0.230 e. The Morgan fingerprint density at radius 3 is 2.57 bits per heavy atom. The van der Waals surface area contributed by atoms with Gasteiger partial charge in [-0.2, -0.15) is 0 Å². The highest BCUT2D eigenvalue weighted by molar-refractivity contribution is 5.95. The Kier molecular flexibility index (Phi) is 5.32. The van der Waals surface area contributed by atoms with Gasteiger partial charge in [-0.15, -0.1) is 0 Å². The predicted molar refractivity (Wildman–Crippen MR) is 109 cm³/mol. The first-order valence-electron chi connectivity index (χ1n) is 9.68. The number of anilines is 2. The Labute approximate surface area is 164 Å². The molecule has 0 spiro atoms. The number of aromatic nitrogens is 4. The second kappa shape index (κ2) is 8.21. The SMILES string of the molecule is CCN(C(=O)C1CCN(c2cc(-n3ccnc3)ncn2)CC1)c1ccccc1. The molecule has 28 heavy (non-hydrogen) atoms. The van der Waals surface area contributed by atoms with Crippen molar-refractivity contribution in [3.63, 3.8) is 0 Å². The third kappa shape index (κ3) is 3.74. The number of piperidine rings is 1. The van der Waals surface area contributed by atoms with E-state index in [4.69, 9.17) is 0 Å². The largest absolute Gasteiger partial charge is 0.356 e. The first-order chi connectivity index (χ1) is 13.8. The summed E-state index contributed by atoms with van der Waals surface area (Å²) >= 11 is 0. The molecule has 7 nitrogen and oxygen atoms in total. The highest BCUT2D eigenvalue weighted by Crippen LogP contribution is 2.26. The second-order valence-corrected chi connectivity index (χ2v) is 6.88. The molecule has 3 heterocycles. The van der Waals surface area contributed by atoms with Gasteiger partial charge in [-0.3, -0.25) is 9.36 Å². The summed E-state index contributed by atoms with van der Waals surface area (Å²) in [4.78, 5) is 30.0. The van der Waals surface area contributed by atoms with E-state index in [1.165, 1.54) is 0 Å². The number of nitrogens with zero attached hydrogens (tertiary/aromatic N) is 6. The van der Waals surface area contributed by atoms with E-state index in [0.717, 1.165) is 43.3 Å². The summed E-state index contributed by atoms with van der Waals surface area (Å²) in [6.07, 6.45) is 8.54. The molecule has 0 unspecified atom stereocenters. The topological polar surface area (TPSA) is 67.2 Å². The van der Waals surface area contributed by atoms with Gasteiger partial charge in [-0.05, 0) is 31.9 Å². The molecule has 1 saturated heterocycles. The van der Waals surface area contributed by atoms with Crippen LogP contribution in [0.4, 0.5) is 11.5 Å². The molecular weight excluding hydrogens is 352 g/mol. The Morgan fingerprint density at radius 1 is 1.14 bits per heavy atom. The van der Waals surface area contributed by atoms with Crippen LogP contribution in [-0.2, 0) is 4.79 Å². The molecule has 0 radical (unpaired) electrons. The summed E-state index contributed by atoms with van der Waals surface area (Å²) in [5.41, 5.74) is 0.971. The van der Waals surface area contributed by atoms with Crippen molar-refractivity contribution in [2.75, 3.05) is 29.4 Å². The summed E-state index contributed by atoms with van der Waals surface area (Å²) in [5, 5.41) is 0. The van der Waals surface area contributed by atoms with Crippen LogP contribution in [0, 0.1) is 5.92 Å². The molecule has 0 aliphatic carbocycles. The van der Waals surface area contributed by atoms with Gasteiger partial charge < -0.3 is 9.80 Å². The van der Waals surface area contributed by atoms with Gasteiger partial charge in [0.1, 0.15) is 24.3 Å². The Hall–Kier alpha value is -3.22. The van der Waals surface area contributed by atoms with Crippen LogP contribution in [-0.4, -0.2) is 45.1 Å². The van der Waals surface area contributed by atoms with E-state index in [-0.39, 0.29) is 11.8 Å². The third-order valence-corrected chi connectivity index (χ3v) is 5.23. The lowest BCUT2D eigenvalue weighted by Gasteiger charge is -2.34. The molecule has 0 N–H and O–H groups in total. The van der Waals surface area contributed by atoms with Crippen molar-refractivity contribution >= 4 is 17.4 Å². The molecule has 1 aromatic carbocycles. The molecule has 3 aromatic rings. The number of carbonyl (C=O) groups is 1. The normalized spacial score (nSPS) is 14.8. The molecule has 0 atom stereocenters. The van der Waals surface area contributed by atoms with Crippen molar-refractivity contribution < 1.29 is 4.79 Å². The van der Waals surface area contributed by atoms with Crippen LogP contribution in [0.5, 0.6) is 0 Å². The molecular formula is C21H24N6O. The molecule has 0 saturated carbocycles. The molecule has 1 fully saturated rings. The fraction of sp³-hybridized carbons (Fsp3) is 0.333. The maximum atomic E-state index is 13.1. The summed E-state index contributed by atoms with van der Waals surface area (Å²) in [6, 6.07) is 11.9. The summed E-state index contributed by atoms with van der Waals surface area (Å²) in [6.45, 7) is 4.33. The van der Waals surface area contributed by atoms with Gasteiger partial charge in [-0.25, -0.2) is 15.0 Å².